The summed E-state index contributed by atoms with van der Waals surface area (Å²) in [5, 5.41) is 17.9. The van der Waals surface area contributed by atoms with Gasteiger partial charge in [-0.3, -0.25) is 5.10 Å². The van der Waals surface area contributed by atoms with Gasteiger partial charge in [0.2, 0.25) is 5.16 Å². The summed E-state index contributed by atoms with van der Waals surface area (Å²) in [7, 11) is 0. The number of nitrogens with zero attached hydrogens (tertiary/aromatic N) is 4. The van der Waals surface area contributed by atoms with E-state index < -0.39 is 0 Å². The molecule has 0 amide bonds. The van der Waals surface area contributed by atoms with Crippen LogP contribution >= 0.6 is 34.4 Å². The average molecular weight is 361 g/mol. The van der Waals surface area contributed by atoms with E-state index in [2.05, 4.69) is 36.8 Å². The monoisotopic (exact) mass is 361 g/mol. The molecule has 1 N–H and O–H groups in total. The third-order valence-electron chi connectivity index (χ3n) is 3.00. The standard InChI is InChI=1S/C14H11N5OS3/c1-2-10(22-4-1)6-11-16-14(18-17-11)23-8-12-15-13(20-19-12)9-3-5-21-7-9/h1-5,7H,6,8H2,(H,16,17,18). The van der Waals surface area contributed by atoms with Gasteiger partial charge in [0, 0.05) is 16.7 Å². The number of hydrogen-bond donors (Lipinski definition) is 1. The highest BCUT2D eigenvalue weighted by atomic mass is 32.2. The quantitative estimate of drug-likeness (QED) is 0.525. The van der Waals surface area contributed by atoms with Crippen LogP contribution in [0.15, 0.2) is 44.0 Å². The maximum absolute atomic E-state index is 5.26. The molecule has 6 nitrogen and oxygen atoms in total. The first-order valence-electron chi connectivity index (χ1n) is 6.78. The summed E-state index contributed by atoms with van der Waals surface area (Å²) in [5.41, 5.74) is 0.954. The van der Waals surface area contributed by atoms with E-state index in [4.69, 9.17) is 4.52 Å². The Morgan fingerprint density at radius 1 is 1.22 bits per heavy atom. The number of nitrogens with one attached hydrogen (secondary N) is 1. The molecule has 0 radical (unpaired) electrons. The van der Waals surface area contributed by atoms with Crippen molar-refractivity contribution >= 4 is 34.4 Å². The molecule has 4 aromatic rings. The summed E-state index contributed by atoms with van der Waals surface area (Å²) in [6.45, 7) is 0. The first-order valence-corrected chi connectivity index (χ1v) is 9.59. The first kappa shape index (κ1) is 14.6. The number of hydrogen-bond acceptors (Lipinski definition) is 8. The van der Waals surface area contributed by atoms with E-state index in [1.165, 1.54) is 16.6 Å². The van der Waals surface area contributed by atoms with Crippen LogP contribution < -0.4 is 0 Å². The van der Waals surface area contributed by atoms with Gasteiger partial charge in [-0.2, -0.15) is 16.3 Å². The molecule has 0 saturated carbocycles. The highest BCUT2D eigenvalue weighted by Gasteiger charge is 2.11. The molecule has 0 unspecified atom stereocenters. The summed E-state index contributed by atoms with van der Waals surface area (Å²) in [5.74, 6) is 2.63. The molecule has 0 saturated heterocycles. The summed E-state index contributed by atoms with van der Waals surface area (Å²) in [4.78, 5) is 10.1. The largest absolute Gasteiger partial charge is 0.334 e. The van der Waals surface area contributed by atoms with Crippen molar-refractivity contribution in [3.8, 4) is 11.5 Å². The zero-order valence-corrected chi connectivity index (χ0v) is 14.2. The molecule has 9 heteroatoms. The van der Waals surface area contributed by atoms with Gasteiger partial charge >= 0.3 is 0 Å². The lowest BCUT2D eigenvalue weighted by molar-refractivity contribution is 0.425. The van der Waals surface area contributed by atoms with Crippen LogP contribution in [0.3, 0.4) is 0 Å². The summed E-state index contributed by atoms with van der Waals surface area (Å²) < 4.78 is 5.26. The van der Waals surface area contributed by atoms with Crippen molar-refractivity contribution < 1.29 is 4.52 Å². The van der Waals surface area contributed by atoms with E-state index >= 15 is 0 Å². The lowest BCUT2D eigenvalue weighted by Crippen LogP contribution is -1.87. The average Bonchev–Trinajstić information content (AvgIpc) is 3.33. The molecule has 23 heavy (non-hydrogen) atoms. The molecule has 0 atom stereocenters. The molecular weight excluding hydrogens is 350 g/mol. The van der Waals surface area contributed by atoms with Gasteiger partial charge in [-0.05, 0) is 22.9 Å². The zero-order chi connectivity index (χ0) is 15.5. The Kier molecular flexibility index (Phi) is 4.22. The van der Waals surface area contributed by atoms with E-state index in [0.29, 0.717) is 22.6 Å². The molecule has 0 aromatic carbocycles. The van der Waals surface area contributed by atoms with Crippen molar-refractivity contribution in [3.05, 3.63) is 50.9 Å². The van der Waals surface area contributed by atoms with Crippen LogP contribution in [0, 0.1) is 0 Å². The van der Waals surface area contributed by atoms with Crippen LogP contribution in [0.25, 0.3) is 11.5 Å². The van der Waals surface area contributed by atoms with Gasteiger partial charge in [0.05, 0.1) is 11.3 Å². The molecule has 116 valence electrons. The van der Waals surface area contributed by atoms with E-state index in [-0.39, 0.29) is 0 Å². The SMILES string of the molecule is c1csc(Cc2nc(SCc3noc(-c4ccsc4)n3)n[nH]2)c1. The fourth-order valence-corrected chi connectivity index (χ4v) is 3.94. The number of rotatable bonds is 6. The van der Waals surface area contributed by atoms with E-state index in [1.54, 1.807) is 22.7 Å². The lowest BCUT2D eigenvalue weighted by Gasteiger charge is -1.91. The molecule has 4 rings (SSSR count). The van der Waals surface area contributed by atoms with Crippen molar-refractivity contribution in [2.75, 3.05) is 0 Å². The molecule has 0 fully saturated rings. The van der Waals surface area contributed by atoms with Gasteiger partial charge < -0.3 is 4.52 Å². The van der Waals surface area contributed by atoms with Crippen LogP contribution in [0.4, 0.5) is 0 Å². The Morgan fingerprint density at radius 2 is 2.22 bits per heavy atom. The Morgan fingerprint density at radius 3 is 3.04 bits per heavy atom. The smallest absolute Gasteiger partial charge is 0.258 e. The van der Waals surface area contributed by atoms with Gasteiger partial charge in [0.1, 0.15) is 5.82 Å². The molecular formula is C14H11N5OS3. The van der Waals surface area contributed by atoms with Gasteiger partial charge in [-0.1, -0.05) is 23.0 Å². The lowest BCUT2D eigenvalue weighted by atomic mass is 10.3. The zero-order valence-electron chi connectivity index (χ0n) is 11.8. The minimum absolute atomic E-state index is 0.551. The molecule has 0 aliphatic rings. The highest BCUT2D eigenvalue weighted by Crippen LogP contribution is 2.23. The van der Waals surface area contributed by atoms with Gasteiger partial charge in [0.15, 0.2) is 5.82 Å². The van der Waals surface area contributed by atoms with Crippen molar-refractivity contribution in [1.82, 2.24) is 25.3 Å². The van der Waals surface area contributed by atoms with Gasteiger partial charge in [0.25, 0.3) is 5.89 Å². The number of thioether (sulfide) groups is 1. The molecule has 4 heterocycles. The van der Waals surface area contributed by atoms with Crippen LogP contribution in [-0.2, 0) is 12.2 Å². The fraction of sp³-hybridized carbons (Fsp3) is 0.143. The maximum Gasteiger partial charge on any atom is 0.258 e. The minimum Gasteiger partial charge on any atom is -0.334 e. The third kappa shape index (κ3) is 3.52. The highest BCUT2D eigenvalue weighted by molar-refractivity contribution is 7.98. The van der Waals surface area contributed by atoms with Crippen molar-refractivity contribution in [1.29, 1.82) is 0 Å². The van der Waals surface area contributed by atoms with Crippen LogP contribution in [0.1, 0.15) is 16.5 Å². The van der Waals surface area contributed by atoms with Crippen LogP contribution in [0.2, 0.25) is 0 Å². The number of aromatic nitrogens is 5. The van der Waals surface area contributed by atoms with E-state index in [1.807, 2.05) is 22.9 Å². The van der Waals surface area contributed by atoms with E-state index in [0.717, 1.165) is 17.8 Å². The molecule has 0 aliphatic carbocycles. The van der Waals surface area contributed by atoms with Crippen molar-refractivity contribution in [2.45, 2.75) is 17.3 Å². The molecule has 0 spiro atoms. The Balaban J connectivity index is 1.37. The third-order valence-corrected chi connectivity index (χ3v) is 5.40. The summed E-state index contributed by atoms with van der Waals surface area (Å²) in [6, 6.07) is 6.08. The van der Waals surface area contributed by atoms with E-state index in [9.17, 15) is 0 Å². The Bertz CT molecular complexity index is 866. The fourth-order valence-electron chi connectivity index (χ4n) is 1.94. The summed E-state index contributed by atoms with van der Waals surface area (Å²) >= 11 is 4.80. The van der Waals surface area contributed by atoms with Crippen molar-refractivity contribution in [3.63, 3.8) is 0 Å². The molecule has 0 bridgehead atoms. The predicted octanol–water partition coefficient (Wildman–Crippen LogP) is 3.86. The second kappa shape index (κ2) is 6.65. The Hall–Kier alpha value is -1.97. The number of H-pyrrole nitrogens is 1. The molecule has 4 aromatic heterocycles. The van der Waals surface area contributed by atoms with Crippen LogP contribution in [-0.4, -0.2) is 25.3 Å². The second-order valence-electron chi connectivity index (χ2n) is 4.64. The number of aromatic amines is 1. The second-order valence-corrected chi connectivity index (χ2v) is 7.39. The van der Waals surface area contributed by atoms with Gasteiger partial charge in [-0.15, -0.1) is 16.4 Å². The molecule has 0 aliphatic heterocycles. The predicted molar refractivity (Wildman–Crippen MR) is 90.7 cm³/mol. The number of thiophene rings is 2. The first-order chi connectivity index (χ1) is 11.4. The minimum atomic E-state index is 0.551. The van der Waals surface area contributed by atoms with Crippen molar-refractivity contribution in [2.24, 2.45) is 0 Å². The summed E-state index contributed by atoms with van der Waals surface area (Å²) in [6.07, 6.45) is 0.774. The van der Waals surface area contributed by atoms with Gasteiger partial charge in [-0.25, -0.2) is 4.98 Å². The normalized spacial score (nSPS) is 11.1. The Labute approximate surface area is 144 Å². The van der Waals surface area contributed by atoms with Crippen LogP contribution in [0.5, 0.6) is 0 Å². The topological polar surface area (TPSA) is 80.5 Å². The maximum atomic E-state index is 5.26.